The molecule has 0 bridgehead atoms. The number of hydrogen-bond acceptors (Lipinski definition) is 8. The fourth-order valence-electron chi connectivity index (χ4n) is 3.93. The molecule has 0 unspecified atom stereocenters. The van der Waals surface area contributed by atoms with Crippen LogP contribution in [0.5, 0.6) is 5.75 Å². The van der Waals surface area contributed by atoms with Crippen molar-refractivity contribution in [2.24, 2.45) is 0 Å². The third-order valence-corrected chi connectivity index (χ3v) is 8.31. The summed E-state index contributed by atoms with van der Waals surface area (Å²) in [6, 6.07) is 16.8. The summed E-state index contributed by atoms with van der Waals surface area (Å²) in [5.74, 6) is 0.989. The number of ether oxygens (including phenoxy) is 1. The number of benzene rings is 2. The van der Waals surface area contributed by atoms with Crippen LogP contribution in [0.1, 0.15) is 16.9 Å². The van der Waals surface area contributed by atoms with Crippen molar-refractivity contribution < 1.29 is 13.9 Å². The van der Waals surface area contributed by atoms with Crippen molar-refractivity contribution in [3.8, 4) is 17.1 Å². The fourth-order valence-corrected chi connectivity index (χ4v) is 6.06. The van der Waals surface area contributed by atoms with Gasteiger partial charge >= 0.3 is 0 Å². The van der Waals surface area contributed by atoms with Gasteiger partial charge in [-0.1, -0.05) is 41.3 Å². The van der Waals surface area contributed by atoms with Gasteiger partial charge in [0.25, 0.3) is 5.56 Å². The molecule has 3 aromatic heterocycles. The van der Waals surface area contributed by atoms with Crippen molar-refractivity contribution in [1.29, 1.82) is 0 Å². The van der Waals surface area contributed by atoms with E-state index in [-0.39, 0.29) is 23.8 Å². The summed E-state index contributed by atoms with van der Waals surface area (Å²) in [5, 5.41) is 3.18. The Morgan fingerprint density at radius 2 is 1.95 bits per heavy atom. The topological polar surface area (TPSA) is 91.3 Å². The Bertz CT molecular complexity index is 1750. The number of methoxy groups -OCH3 is 1. The maximum Gasteiger partial charge on any atom is 0.278 e. The summed E-state index contributed by atoms with van der Waals surface area (Å²) in [6.45, 7) is 4.34. The highest BCUT2D eigenvalue weighted by Gasteiger charge is 2.21. The Morgan fingerprint density at radius 3 is 2.68 bits per heavy atom. The van der Waals surface area contributed by atoms with Crippen LogP contribution in [0.25, 0.3) is 21.7 Å². The number of carbonyl (C=O) groups is 1. The average Bonchev–Trinajstić information content (AvgIpc) is 3.55. The molecule has 194 valence electrons. The monoisotopic (exact) mass is 564 g/mol. The Hall–Kier alpha value is -3.67. The zero-order chi connectivity index (χ0) is 26.8. The summed E-state index contributed by atoms with van der Waals surface area (Å²) in [6.07, 6.45) is 1.56. The molecule has 0 saturated carbocycles. The summed E-state index contributed by atoms with van der Waals surface area (Å²) in [7, 11) is 1.55. The molecule has 0 atom stereocenters. The summed E-state index contributed by atoms with van der Waals surface area (Å²) < 4.78 is 15.1. The molecular formula is C27H24N4O4S3. The van der Waals surface area contributed by atoms with Crippen LogP contribution < -0.4 is 15.6 Å². The molecule has 0 aliphatic heterocycles. The zero-order valence-corrected chi connectivity index (χ0v) is 23.3. The number of thioether (sulfide) groups is 1. The van der Waals surface area contributed by atoms with E-state index in [4.69, 9.17) is 26.4 Å². The number of para-hydroxylation sites is 2. The van der Waals surface area contributed by atoms with Gasteiger partial charge in [0.1, 0.15) is 16.2 Å². The van der Waals surface area contributed by atoms with Gasteiger partial charge in [0.15, 0.2) is 14.8 Å². The minimum Gasteiger partial charge on any atom is -0.495 e. The number of thiazole rings is 1. The van der Waals surface area contributed by atoms with E-state index in [2.05, 4.69) is 5.32 Å². The van der Waals surface area contributed by atoms with Gasteiger partial charge in [-0.25, -0.2) is 4.98 Å². The van der Waals surface area contributed by atoms with Crippen LogP contribution in [-0.2, 0) is 11.3 Å². The van der Waals surface area contributed by atoms with E-state index >= 15 is 0 Å². The Balaban J connectivity index is 1.62. The number of carbonyl (C=O) groups excluding carboxylic acids is 1. The van der Waals surface area contributed by atoms with Crippen LogP contribution in [0.15, 0.2) is 75.2 Å². The molecule has 5 aromatic rings. The van der Waals surface area contributed by atoms with Gasteiger partial charge in [-0.05, 0) is 73.6 Å². The van der Waals surface area contributed by atoms with Gasteiger partial charge in [0.2, 0.25) is 5.91 Å². The van der Waals surface area contributed by atoms with Crippen molar-refractivity contribution >= 4 is 51.6 Å². The lowest BCUT2D eigenvalue weighted by atomic mass is 10.1. The van der Waals surface area contributed by atoms with E-state index in [0.717, 1.165) is 16.8 Å². The summed E-state index contributed by atoms with van der Waals surface area (Å²) >= 11 is 8.07. The Labute approximate surface area is 231 Å². The normalized spacial score (nSPS) is 11.1. The molecular weight excluding hydrogens is 541 g/mol. The quantitative estimate of drug-likeness (QED) is 0.149. The molecule has 8 nitrogen and oxygen atoms in total. The molecule has 1 amide bonds. The standard InChI is InChI=1S/C27H24N4O4S3/c1-16-10-11-18(13-17(16)2)30-24-23(38-27(30)36)25(33)31(20-8-4-5-9-21(20)34-3)26(29-24)37-15-22(32)28-14-19-7-6-12-35-19/h4-13H,14-15H2,1-3H3,(H,28,32). The number of aromatic nitrogens is 3. The first-order valence-corrected chi connectivity index (χ1v) is 13.9. The minimum atomic E-state index is -0.281. The van der Waals surface area contributed by atoms with Crippen molar-refractivity contribution in [2.75, 3.05) is 12.9 Å². The van der Waals surface area contributed by atoms with Gasteiger partial charge in [0, 0.05) is 5.69 Å². The highest BCUT2D eigenvalue weighted by Crippen LogP contribution is 2.30. The van der Waals surface area contributed by atoms with Crippen molar-refractivity contribution in [3.63, 3.8) is 0 Å². The van der Waals surface area contributed by atoms with E-state index in [1.165, 1.54) is 27.7 Å². The molecule has 3 heterocycles. The Morgan fingerprint density at radius 1 is 1.13 bits per heavy atom. The first-order valence-electron chi connectivity index (χ1n) is 11.7. The first kappa shape index (κ1) is 26.0. The fraction of sp³-hybridized carbons (Fsp3) is 0.185. The van der Waals surface area contributed by atoms with Crippen molar-refractivity contribution in [1.82, 2.24) is 19.4 Å². The largest absolute Gasteiger partial charge is 0.495 e. The Kier molecular flexibility index (Phi) is 7.50. The van der Waals surface area contributed by atoms with E-state index in [1.54, 1.807) is 37.6 Å². The second-order valence-electron chi connectivity index (χ2n) is 8.48. The number of amides is 1. The maximum atomic E-state index is 14.0. The van der Waals surface area contributed by atoms with E-state index in [1.807, 2.05) is 48.7 Å². The van der Waals surface area contributed by atoms with Gasteiger partial charge in [-0.15, -0.1) is 0 Å². The smallest absolute Gasteiger partial charge is 0.278 e. The minimum absolute atomic E-state index is 0.0440. The lowest BCUT2D eigenvalue weighted by Crippen LogP contribution is -2.26. The summed E-state index contributed by atoms with van der Waals surface area (Å²) in [5.41, 5.74) is 3.80. The van der Waals surface area contributed by atoms with Crippen LogP contribution >= 0.6 is 35.3 Å². The van der Waals surface area contributed by atoms with Crippen LogP contribution in [0.4, 0.5) is 0 Å². The third kappa shape index (κ3) is 5.04. The summed E-state index contributed by atoms with van der Waals surface area (Å²) in [4.78, 5) is 31.5. The number of hydrogen-bond donors (Lipinski definition) is 1. The van der Waals surface area contributed by atoms with Crippen LogP contribution in [0, 0.1) is 17.8 Å². The van der Waals surface area contributed by atoms with Gasteiger partial charge in [0.05, 0.1) is 31.4 Å². The number of fused-ring (bicyclic) bond motifs is 1. The van der Waals surface area contributed by atoms with Gasteiger partial charge in [-0.2, -0.15) is 0 Å². The lowest BCUT2D eigenvalue weighted by molar-refractivity contribution is -0.118. The molecule has 38 heavy (non-hydrogen) atoms. The second kappa shape index (κ2) is 11.0. The predicted octanol–water partition coefficient (Wildman–Crippen LogP) is 5.59. The third-order valence-electron chi connectivity index (χ3n) is 6.02. The molecule has 0 spiro atoms. The van der Waals surface area contributed by atoms with Crippen molar-refractivity contribution in [2.45, 2.75) is 25.5 Å². The molecule has 0 radical (unpaired) electrons. The van der Waals surface area contributed by atoms with Gasteiger partial charge < -0.3 is 14.5 Å². The number of nitrogens with zero attached hydrogens (tertiary/aromatic N) is 3. The predicted molar refractivity (Wildman–Crippen MR) is 153 cm³/mol. The second-order valence-corrected chi connectivity index (χ2v) is 11.1. The highest BCUT2D eigenvalue weighted by molar-refractivity contribution is 7.99. The highest BCUT2D eigenvalue weighted by atomic mass is 32.2. The molecule has 5 rings (SSSR count). The molecule has 0 fully saturated rings. The number of nitrogens with one attached hydrogen (secondary N) is 1. The number of rotatable bonds is 8. The first-order chi connectivity index (χ1) is 18.4. The molecule has 11 heteroatoms. The van der Waals surface area contributed by atoms with E-state index in [9.17, 15) is 9.59 Å². The SMILES string of the molecule is COc1ccccc1-n1c(SCC(=O)NCc2ccco2)nc2c(sc(=S)n2-c2ccc(C)c(C)c2)c1=O. The molecule has 0 saturated heterocycles. The maximum absolute atomic E-state index is 14.0. The van der Waals surface area contributed by atoms with Crippen LogP contribution in [0.2, 0.25) is 0 Å². The van der Waals surface area contributed by atoms with Gasteiger partial charge in [-0.3, -0.25) is 18.7 Å². The molecule has 0 aliphatic rings. The van der Waals surface area contributed by atoms with Crippen LogP contribution in [-0.4, -0.2) is 32.9 Å². The lowest BCUT2D eigenvalue weighted by Gasteiger charge is -2.15. The molecule has 2 aromatic carbocycles. The van der Waals surface area contributed by atoms with E-state index in [0.29, 0.717) is 36.7 Å². The molecule has 1 N–H and O–H groups in total. The van der Waals surface area contributed by atoms with E-state index < -0.39 is 0 Å². The molecule has 0 aliphatic carbocycles. The average molecular weight is 565 g/mol. The van der Waals surface area contributed by atoms with Crippen molar-refractivity contribution in [3.05, 3.63) is 92.1 Å². The number of furan rings is 1. The van der Waals surface area contributed by atoms with Crippen LogP contribution in [0.3, 0.4) is 0 Å². The zero-order valence-electron chi connectivity index (χ0n) is 20.9. The number of aryl methyl sites for hydroxylation is 2.